The molecule has 2 heterocycles. The average Bonchev–Trinajstić information content (AvgIpc) is 2.92. The van der Waals surface area contributed by atoms with Gasteiger partial charge in [-0.05, 0) is 44.7 Å². The lowest BCUT2D eigenvalue weighted by molar-refractivity contribution is -0.137. The van der Waals surface area contributed by atoms with Crippen molar-refractivity contribution in [2.45, 2.75) is 58.4 Å². The summed E-state index contributed by atoms with van der Waals surface area (Å²) < 4.78 is 5.29. The maximum atomic E-state index is 10.6. The van der Waals surface area contributed by atoms with E-state index in [2.05, 4.69) is 22.0 Å². The van der Waals surface area contributed by atoms with Crippen LogP contribution in [-0.4, -0.2) is 39.2 Å². The lowest BCUT2D eigenvalue weighted by Gasteiger charge is -2.30. The maximum absolute atomic E-state index is 10.6. The van der Waals surface area contributed by atoms with Crippen molar-refractivity contribution in [3.8, 4) is 0 Å². The number of likely N-dealkylation sites (tertiary alicyclic amines) is 1. The van der Waals surface area contributed by atoms with Crippen LogP contribution in [0, 0.1) is 5.92 Å². The second-order valence-corrected chi connectivity index (χ2v) is 5.86. The third-order valence-electron chi connectivity index (χ3n) is 4.10. The standard InChI is InChI=1S/C15H25N3O3/c1-2-3-4-13-16-14(21-17-13)11-18-9-7-12(8-10-18)5-6-15(19)20/h12H,2-11H2,1H3,(H,19,20). The van der Waals surface area contributed by atoms with Crippen molar-refractivity contribution in [1.82, 2.24) is 15.0 Å². The fourth-order valence-corrected chi connectivity index (χ4v) is 2.74. The highest BCUT2D eigenvalue weighted by Gasteiger charge is 2.21. The molecule has 21 heavy (non-hydrogen) atoms. The molecular weight excluding hydrogens is 270 g/mol. The quantitative estimate of drug-likeness (QED) is 0.793. The summed E-state index contributed by atoms with van der Waals surface area (Å²) in [5.74, 6) is 1.36. The first-order valence-corrected chi connectivity index (χ1v) is 7.93. The van der Waals surface area contributed by atoms with Gasteiger partial charge in [-0.25, -0.2) is 0 Å². The Hall–Kier alpha value is -1.43. The Morgan fingerprint density at radius 2 is 2.19 bits per heavy atom. The molecule has 1 aliphatic rings. The molecule has 118 valence electrons. The molecule has 1 aliphatic heterocycles. The molecule has 6 nitrogen and oxygen atoms in total. The summed E-state index contributed by atoms with van der Waals surface area (Å²) in [6, 6.07) is 0. The van der Waals surface area contributed by atoms with Crippen LogP contribution in [0.3, 0.4) is 0 Å². The van der Waals surface area contributed by atoms with Crippen LogP contribution in [-0.2, 0) is 17.8 Å². The van der Waals surface area contributed by atoms with Crippen LogP contribution < -0.4 is 0 Å². The van der Waals surface area contributed by atoms with E-state index in [1.54, 1.807) is 0 Å². The van der Waals surface area contributed by atoms with Crippen LogP contribution in [0.25, 0.3) is 0 Å². The number of hydrogen-bond donors (Lipinski definition) is 1. The number of aliphatic carboxylic acids is 1. The van der Waals surface area contributed by atoms with Crippen LogP contribution >= 0.6 is 0 Å². The normalized spacial score (nSPS) is 17.2. The van der Waals surface area contributed by atoms with Crippen LogP contribution in [0.1, 0.15) is 57.2 Å². The summed E-state index contributed by atoms with van der Waals surface area (Å²) in [6.07, 6.45) is 6.31. The lowest BCUT2D eigenvalue weighted by atomic mass is 9.92. The summed E-state index contributed by atoms with van der Waals surface area (Å²) in [5, 5.41) is 12.7. The van der Waals surface area contributed by atoms with E-state index in [9.17, 15) is 4.79 Å². The molecule has 2 rings (SSSR count). The minimum absolute atomic E-state index is 0.287. The molecule has 1 saturated heterocycles. The van der Waals surface area contributed by atoms with E-state index in [1.807, 2.05) is 0 Å². The summed E-state index contributed by atoms with van der Waals surface area (Å²) in [5.41, 5.74) is 0. The Balaban J connectivity index is 1.70. The molecular formula is C15H25N3O3. The molecule has 0 saturated carbocycles. The molecule has 6 heteroatoms. The zero-order chi connectivity index (χ0) is 15.1. The molecule has 1 aromatic heterocycles. The second kappa shape index (κ2) is 8.12. The number of hydrogen-bond acceptors (Lipinski definition) is 5. The number of carboxylic acid groups (broad SMARTS) is 1. The van der Waals surface area contributed by atoms with Gasteiger partial charge in [0, 0.05) is 12.8 Å². The third kappa shape index (κ3) is 5.46. The zero-order valence-corrected chi connectivity index (χ0v) is 12.8. The summed E-state index contributed by atoms with van der Waals surface area (Å²) in [6.45, 7) is 4.83. The molecule has 0 spiro atoms. The highest BCUT2D eigenvalue weighted by Crippen LogP contribution is 2.22. The van der Waals surface area contributed by atoms with Gasteiger partial charge in [-0.15, -0.1) is 0 Å². The predicted octanol–water partition coefficient (Wildman–Crippen LogP) is 2.49. The van der Waals surface area contributed by atoms with E-state index in [0.717, 1.165) is 57.4 Å². The number of aromatic nitrogens is 2. The zero-order valence-electron chi connectivity index (χ0n) is 12.8. The van der Waals surface area contributed by atoms with Gasteiger partial charge < -0.3 is 9.63 Å². The van der Waals surface area contributed by atoms with Crippen molar-refractivity contribution < 1.29 is 14.4 Å². The van der Waals surface area contributed by atoms with Crippen LogP contribution in [0.4, 0.5) is 0 Å². The van der Waals surface area contributed by atoms with Crippen molar-refractivity contribution >= 4 is 5.97 Å². The molecule has 0 amide bonds. The Labute approximate surface area is 125 Å². The molecule has 1 fully saturated rings. The van der Waals surface area contributed by atoms with E-state index < -0.39 is 5.97 Å². The second-order valence-electron chi connectivity index (χ2n) is 5.86. The maximum Gasteiger partial charge on any atom is 0.303 e. The van der Waals surface area contributed by atoms with Gasteiger partial charge in [0.15, 0.2) is 5.82 Å². The minimum Gasteiger partial charge on any atom is -0.481 e. The van der Waals surface area contributed by atoms with E-state index >= 15 is 0 Å². The molecule has 0 atom stereocenters. The number of piperidine rings is 1. The highest BCUT2D eigenvalue weighted by molar-refractivity contribution is 5.66. The predicted molar refractivity (Wildman–Crippen MR) is 77.8 cm³/mol. The van der Waals surface area contributed by atoms with Gasteiger partial charge in [0.25, 0.3) is 0 Å². The number of rotatable bonds is 8. The lowest BCUT2D eigenvalue weighted by Crippen LogP contribution is -2.33. The number of unbranched alkanes of at least 4 members (excludes halogenated alkanes) is 1. The highest BCUT2D eigenvalue weighted by atomic mass is 16.5. The van der Waals surface area contributed by atoms with Crippen molar-refractivity contribution in [3.63, 3.8) is 0 Å². The van der Waals surface area contributed by atoms with E-state index in [1.165, 1.54) is 0 Å². The first kappa shape index (κ1) is 15.9. The van der Waals surface area contributed by atoms with Crippen molar-refractivity contribution in [1.29, 1.82) is 0 Å². The topological polar surface area (TPSA) is 79.5 Å². The average molecular weight is 295 g/mol. The minimum atomic E-state index is -0.692. The SMILES string of the molecule is CCCCc1noc(CN2CCC(CCC(=O)O)CC2)n1. The Kier molecular flexibility index (Phi) is 6.17. The van der Waals surface area contributed by atoms with Crippen molar-refractivity contribution in [2.75, 3.05) is 13.1 Å². The molecule has 0 unspecified atom stereocenters. The molecule has 0 bridgehead atoms. The summed E-state index contributed by atoms with van der Waals surface area (Å²) in [4.78, 5) is 17.3. The number of aryl methyl sites for hydroxylation is 1. The van der Waals surface area contributed by atoms with Gasteiger partial charge >= 0.3 is 5.97 Å². The van der Waals surface area contributed by atoms with E-state index in [-0.39, 0.29) is 6.42 Å². The monoisotopic (exact) mass is 295 g/mol. The van der Waals surface area contributed by atoms with Crippen LogP contribution in [0.5, 0.6) is 0 Å². The summed E-state index contributed by atoms with van der Waals surface area (Å²) in [7, 11) is 0. The molecule has 0 radical (unpaired) electrons. The van der Waals surface area contributed by atoms with Crippen molar-refractivity contribution in [3.05, 3.63) is 11.7 Å². The number of carbonyl (C=O) groups is 1. The first-order valence-electron chi connectivity index (χ1n) is 7.93. The largest absolute Gasteiger partial charge is 0.481 e. The molecule has 1 N–H and O–H groups in total. The van der Waals surface area contributed by atoms with Gasteiger partial charge in [0.2, 0.25) is 5.89 Å². The van der Waals surface area contributed by atoms with Crippen LogP contribution in [0.2, 0.25) is 0 Å². The van der Waals surface area contributed by atoms with E-state index in [0.29, 0.717) is 18.4 Å². The van der Waals surface area contributed by atoms with Gasteiger partial charge in [0.05, 0.1) is 6.54 Å². The molecule has 0 aromatic carbocycles. The van der Waals surface area contributed by atoms with Gasteiger partial charge in [-0.3, -0.25) is 9.69 Å². The Morgan fingerprint density at radius 1 is 1.43 bits per heavy atom. The smallest absolute Gasteiger partial charge is 0.303 e. The molecule has 1 aromatic rings. The Bertz CT molecular complexity index is 439. The number of nitrogens with zero attached hydrogens (tertiary/aromatic N) is 3. The third-order valence-corrected chi connectivity index (χ3v) is 4.10. The Morgan fingerprint density at radius 3 is 2.86 bits per heavy atom. The van der Waals surface area contributed by atoms with Gasteiger partial charge in [0.1, 0.15) is 0 Å². The van der Waals surface area contributed by atoms with Gasteiger partial charge in [-0.2, -0.15) is 4.98 Å². The van der Waals surface area contributed by atoms with Gasteiger partial charge in [-0.1, -0.05) is 18.5 Å². The van der Waals surface area contributed by atoms with E-state index in [4.69, 9.17) is 9.63 Å². The van der Waals surface area contributed by atoms with Crippen LogP contribution in [0.15, 0.2) is 4.52 Å². The first-order chi connectivity index (χ1) is 10.2. The fourth-order valence-electron chi connectivity index (χ4n) is 2.74. The molecule has 0 aliphatic carbocycles. The summed E-state index contributed by atoms with van der Waals surface area (Å²) >= 11 is 0. The number of carboxylic acids is 1. The van der Waals surface area contributed by atoms with Crippen molar-refractivity contribution in [2.24, 2.45) is 5.92 Å². The fraction of sp³-hybridized carbons (Fsp3) is 0.800.